The quantitative estimate of drug-likeness (QED) is 0.189. The minimum absolute atomic E-state index is 0.361. The summed E-state index contributed by atoms with van der Waals surface area (Å²) >= 11 is 3.31. The van der Waals surface area contributed by atoms with E-state index >= 15 is 0 Å². The van der Waals surface area contributed by atoms with Crippen LogP contribution in [0.4, 0.5) is 5.69 Å². The number of hydrogen-bond acceptors (Lipinski definition) is 5. The van der Waals surface area contributed by atoms with Gasteiger partial charge in [0.05, 0.1) is 11.8 Å². The summed E-state index contributed by atoms with van der Waals surface area (Å²) in [6.45, 7) is 1.82. The van der Waals surface area contributed by atoms with Crippen molar-refractivity contribution in [2.24, 2.45) is 5.10 Å². The number of hydrogen-bond donors (Lipinski definition) is 2. The van der Waals surface area contributed by atoms with E-state index in [1.807, 2.05) is 19.1 Å². The van der Waals surface area contributed by atoms with E-state index in [9.17, 15) is 14.4 Å². The van der Waals surface area contributed by atoms with Crippen molar-refractivity contribution in [3.8, 4) is 5.75 Å². The number of carbonyl (C=O) groups is 3. The molecular formula is C23H18BrN3O4. The van der Waals surface area contributed by atoms with Crippen LogP contribution in [0.15, 0.2) is 82.4 Å². The zero-order valence-corrected chi connectivity index (χ0v) is 18.0. The summed E-state index contributed by atoms with van der Waals surface area (Å²) in [5, 5.41) is 6.30. The fraction of sp³-hybridized carbons (Fsp3) is 0.0435. The molecule has 0 aliphatic carbocycles. The summed E-state index contributed by atoms with van der Waals surface area (Å²) in [4.78, 5) is 36.1. The molecule has 0 saturated carbocycles. The molecule has 156 valence electrons. The minimum Gasteiger partial charge on any atom is -0.423 e. The van der Waals surface area contributed by atoms with Crippen molar-refractivity contribution in [3.05, 3.63) is 94.0 Å². The number of nitrogens with zero attached hydrogens (tertiary/aromatic N) is 1. The van der Waals surface area contributed by atoms with Gasteiger partial charge in [-0.05, 0) is 76.4 Å². The highest BCUT2D eigenvalue weighted by molar-refractivity contribution is 9.10. The molecule has 3 aromatic carbocycles. The molecule has 7 nitrogen and oxygen atoms in total. The predicted octanol–water partition coefficient (Wildman–Crippen LogP) is 4.07. The maximum Gasteiger partial charge on any atom is 0.344 e. The van der Waals surface area contributed by atoms with Crippen LogP contribution in [-0.4, -0.2) is 24.0 Å². The highest BCUT2D eigenvalue weighted by Gasteiger charge is 2.14. The maximum absolute atomic E-state index is 12.2. The third-order valence-corrected chi connectivity index (χ3v) is 4.86. The van der Waals surface area contributed by atoms with Gasteiger partial charge in [-0.3, -0.25) is 9.59 Å². The Bertz CT molecular complexity index is 1140. The molecular weight excluding hydrogens is 462 g/mol. The largest absolute Gasteiger partial charge is 0.423 e. The van der Waals surface area contributed by atoms with Gasteiger partial charge in [0, 0.05) is 10.2 Å². The van der Waals surface area contributed by atoms with Gasteiger partial charge in [0.25, 0.3) is 0 Å². The van der Waals surface area contributed by atoms with Gasteiger partial charge in [0.1, 0.15) is 5.75 Å². The summed E-state index contributed by atoms with van der Waals surface area (Å²) in [7, 11) is 0. The first kappa shape index (κ1) is 21.9. The number of ether oxygens (including phenoxy) is 1. The van der Waals surface area contributed by atoms with Crippen LogP contribution in [0.25, 0.3) is 0 Å². The molecule has 0 fully saturated rings. The van der Waals surface area contributed by atoms with Crippen LogP contribution in [-0.2, 0) is 9.59 Å². The molecule has 0 atom stereocenters. The molecule has 0 saturated heterocycles. The molecule has 8 heteroatoms. The molecule has 0 bridgehead atoms. The molecule has 31 heavy (non-hydrogen) atoms. The van der Waals surface area contributed by atoms with Gasteiger partial charge in [-0.25, -0.2) is 10.2 Å². The van der Waals surface area contributed by atoms with E-state index < -0.39 is 17.8 Å². The lowest BCUT2D eigenvalue weighted by Gasteiger charge is -2.07. The van der Waals surface area contributed by atoms with Gasteiger partial charge in [-0.1, -0.05) is 30.3 Å². The van der Waals surface area contributed by atoms with E-state index in [4.69, 9.17) is 4.74 Å². The Morgan fingerprint density at radius 1 is 0.903 bits per heavy atom. The third kappa shape index (κ3) is 6.10. The summed E-state index contributed by atoms with van der Waals surface area (Å²) in [6, 6.07) is 20.6. The van der Waals surface area contributed by atoms with Crippen molar-refractivity contribution in [3.63, 3.8) is 0 Å². The van der Waals surface area contributed by atoms with Crippen molar-refractivity contribution in [2.45, 2.75) is 6.92 Å². The molecule has 3 aromatic rings. The van der Waals surface area contributed by atoms with Crippen molar-refractivity contribution >= 4 is 45.6 Å². The number of aryl methyl sites for hydroxylation is 1. The van der Waals surface area contributed by atoms with Crippen LogP contribution in [0, 0.1) is 6.92 Å². The average molecular weight is 480 g/mol. The highest BCUT2D eigenvalue weighted by Crippen LogP contribution is 2.19. The van der Waals surface area contributed by atoms with Gasteiger partial charge in [-0.2, -0.15) is 5.10 Å². The molecule has 0 heterocycles. The average Bonchev–Trinajstić information content (AvgIpc) is 2.76. The number of carbonyl (C=O) groups excluding carboxylic acids is 3. The second kappa shape index (κ2) is 10.3. The predicted molar refractivity (Wildman–Crippen MR) is 121 cm³/mol. The summed E-state index contributed by atoms with van der Waals surface area (Å²) in [5.41, 5.74) is 4.62. The molecule has 2 amide bonds. The van der Waals surface area contributed by atoms with Gasteiger partial charge in [0.2, 0.25) is 0 Å². The first-order valence-electron chi connectivity index (χ1n) is 9.21. The number of nitrogens with one attached hydrogen (secondary N) is 2. The van der Waals surface area contributed by atoms with E-state index in [2.05, 4.69) is 31.8 Å². The van der Waals surface area contributed by atoms with Gasteiger partial charge >= 0.3 is 17.8 Å². The number of para-hydroxylation sites is 1. The number of anilines is 1. The van der Waals surface area contributed by atoms with Gasteiger partial charge in [0.15, 0.2) is 0 Å². The first-order valence-corrected chi connectivity index (χ1v) is 10.00. The van der Waals surface area contributed by atoms with Crippen LogP contribution in [0.3, 0.4) is 0 Å². The van der Waals surface area contributed by atoms with E-state index in [0.717, 1.165) is 5.56 Å². The standard InChI is InChI=1S/C23H18BrN3O4/c1-15-6-2-5-9-20(15)26-21(28)22(29)27-25-14-16-10-12-17(13-11-16)31-23(30)18-7-3-4-8-19(18)24/h2-14H,1H3,(H,26,28)(H,27,29). The fourth-order valence-corrected chi connectivity index (χ4v) is 2.97. The zero-order chi connectivity index (χ0) is 22.2. The molecule has 0 unspecified atom stereocenters. The monoisotopic (exact) mass is 479 g/mol. The van der Waals surface area contributed by atoms with Crippen LogP contribution in [0.5, 0.6) is 5.75 Å². The fourth-order valence-electron chi connectivity index (χ4n) is 2.52. The number of benzene rings is 3. The van der Waals surface area contributed by atoms with E-state index in [1.165, 1.54) is 6.21 Å². The summed E-state index contributed by atoms with van der Waals surface area (Å²) in [6.07, 6.45) is 1.37. The molecule has 0 radical (unpaired) electrons. The molecule has 0 spiro atoms. The normalized spacial score (nSPS) is 10.5. The number of hydrazone groups is 1. The van der Waals surface area contributed by atoms with Crippen molar-refractivity contribution < 1.29 is 19.1 Å². The second-order valence-electron chi connectivity index (χ2n) is 6.41. The Kier molecular flexibility index (Phi) is 7.29. The van der Waals surface area contributed by atoms with Gasteiger partial charge < -0.3 is 10.1 Å². The Morgan fingerprint density at radius 3 is 2.29 bits per heavy atom. The summed E-state index contributed by atoms with van der Waals surface area (Å²) < 4.78 is 5.98. The summed E-state index contributed by atoms with van der Waals surface area (Å²) in [5.74, 6) is -1.83. The number of amides is 2. The van der Waals surface area contributed by atoms with Crippen molar-refractivity contribution in [2.75, 3.05) is 5.32 Å². The van der Waals surface area contributed by atoms with E-state index in [-0.39, 0.29) is 0 Å². The number of esters is 1. The smallest absolute Gasteiger partial charge is 0.344 e. The lowest BCUT2D eigenvalue weighted by molar-refractivity contribution is -0.136. The van der Waals surface area contributed by atoms with Crippen molar-refractivity contribution in [1.29, 1.82) is 0 Å². The zero-order valence-electron chi connectivity index (χ0n) is 16.5. The Balaban J connectivity index is 1.53. The lowest BCUT2D eigenvalue weighted by atomic mass is 10.2. The Morgan fingerprint density at radius 2 is 1.58 bits per heavy atom. The van der Waals surface area contributed by atoms with Crippen molar-refractivity contribution in [1.82, 2.24) is 5.43 Å². The Hall–Kier alpha value is -3.78. The number of halogens is 1. The van der Waals surface area contributed by atoms with Crippen LogP contribution < -0.4 is 15.5 Å². The van der Waals surface area contributed by atoms with Crippen LogP contribution in [0.1, 0.15) is 21.5 Å². The van der Waals surface area contributed by atoms with Crippen LogP contribution >= 0.6 is 15.9 Å². The SMILES string of the molecule is Cc1ccccc1NC(=O)C(=O)NN=Cc1ccc(OC(=O)c2ccccc2Br)cc1. The molecule has 0 aliphatic heterocycles. The number of rotatable bonds is 5. The van der Waals surface area contributed by atoms with E-state index in [0.29, 0.717) is 27.0 Å². The second-order valence-corrected chi connectivity index (χ2v) is 7.26. The first-order chi connectivity index (χ1) is 14.9. The lowest BCUT2D eigenvalue weighted by Crippen LogP contribution is -2.32. The molecule has 0 aliphatic rings. The van der Waals surface area contributed by atoms with Gasteiger partial charge in [-0.15, -0.1) is 0 Å². The molecule has 3 rings (SSSR count). The topological polar surface area (TPSA) is 96.9 Å². The highest BCUT2D eigenvalue weighted by atomic mass is 79.9. The van der Waals surface area contributed by atoms with E-state index in [1.54, 1.807) is 60.7 Å². The third-order valence-electron chi connectivity index (χ3n) is 4.16. The maximum atomic E-state index is 12.2. The molecule has 0 aromatic heterocycles. The van der Waals surface area contributed by atoms with Crippen LogP contribution in [0.2, 0.25) is 0 Å². The molecule has 2 N–H and O–H groups in total. The minimum atomic E-state index is -0.890. The Labute approximate surface area is 187 Å².